The third kappa shape index (κ3) is 4.41. The molecule has 0 radical (unpaired) electrons. The van der Waals surface area contributed by atoms with Gasteiger partial charge in [-0.3, -0.25) is 0 Å². The Labute approximate surface area is 114 Å². The van der Waals surface area contributed by atoms with Crippen molar-refractivity contribution < 1.29 is 4.74 Å². The third-order valence-corrected chi connectivity index (χ3v) is 2.91. The Morgan fingerprint density at radius 1 is 1.26 bits per heavy atom. The molecule has 2 rings (SSSR count). The molecule has 0 aliphatic carbocycles. The fraction of sp³-hybridized carbons (Fsp3) is 0.400. The summed E-state index contributed by atoms with van der Waals surface area (Å²) in [5, 5.41) is 3.32. The van der Waals surface area contributed by atoms with Crippen molar-refractivity contribution >= 4 is 0 Å². The lowest BCUT2D eigenvalue weighted by atomic mass is 10.3. The molecule has 1 heterocycles. The molecule has 0 aliphatic heterocycles. The van der Waals surface area contributed by atoms with Gasteiger partial charge in [-0.25, -0.2) is 4.98 Å². The van der Waals surface area contributed by atoms with Gasteiger partial charge < -0.3 is 14.6 Å². The van der Waals surface area contributed by atoms with Crippen molar-refractivity contribution in [2.24, 2.45) is 0 Å². The molecular formula is C15H21N3O. The van der Waals surface area contributed by atoms with Crippen LogP contribution in [-0.2, 0) is 13.1 Å². The Kier molecular flexibility index (Phi) is 5.44. The molecule has 1 aromatic carbocycles. The maximum absolute atomic E-state index is 5.68. The van der Waals surface area contributed by atoms with E-state index >= 15 is 0 Å². The molecule has 2 aromatic rings. The van der Waals surface area contributed by atoms with Crippen molar-refractivity contribution in [2.75, 3.05) is 13.2 Å². The van der Waals surface area contributed by atoms with E-state index in [9.17, 15) is 0 Å². The Morgan fingerprint density at radius 3 is 2.89 bits per heavy atom. The molecule has 0 spiro atoms. The van der Waals surface area contributed by atoms with Crippen LogP contribution in [0.2, 0.25) is 0 Å². The van der Waals surface area contributed by atoms with Crippen molar-refractivity contribution in [3.8, 4) is 5.75 Å². The summed E-state index contributed by atoms with van der Waals surface area (Å²) < 4.78 is 7.85. The lowest BCUT2D eigenvalue weighted by Gasteiger charge is -2.09. The van der Waals surface area contributed by atoms with Gasteiger partial charge in [0.1, 0.15) is 5.75 Å². The van der Waals surface area contributed by atoms with Crippen LogP contribution >= 0.6 is 0 Å². The van der Waals surface area contributed by atoms with E-state index in [1.165, 1.54) is 5.69 Å². The first-order valence-corrected chi connectivity index (χ1v) is 6.77. The van der Waals surface area contributed by atoms with Gasteiger partial charge in [0, 0.05) is 19.3 Å². The standard InChI is InChI=1S/C15H21N3O/c1-2-16-11-14-12-17-13-18(14)9-6-10-19-15-7-4-3-5-8-15/h3-5,7-8,12-13,16H,2,6,9-11H2,1H3. The molecule has 4 heteroatoms. The highest BCUT2D eigenvalue weighted by atomic mass is 16.5. The zero-order valence-corrected chi connectivity index (χ0v) is 11.4. The number of benzene rings is 1. The highest BCUT2D eigenvalue weighted by Crippen LogP contribution is 2.09. The Balaban J connectivity index is 1.72. The van der Waals surface area contributed by atoms with Gasteiger partial charge in [0.2, 0.25) is 0 Å². The van der Waals surface area contributed by atoms with E-state index in [0.717, 1.165) is 38.4 Å². The van der Waals surface area contributed by atoms with Crippen LogP contribution in [0.25, 0.3) is 0 Å². The molecule has 0 fully saturated rings. The zero-order valence-electron chi connectivity index (χ0n) is 11.4. The van der Waals surface area contributed by atoms with Crippen LogP contribution < -0.4 is 10.1 Å². The summed E-state index contributed by atoms with van der Waals surface area (Å²) in [6.07, 6.45) is 4.78. The molecule has 0 bridgehead atoms. The number of ether oxygens (including phenoxy) is 1. The van der Waals surface area contributed by atoms with E-state index in [0.29, 0.717) is 0 Å². The Hall–Kier alpha value is -1.81. The minimum absolute atomic E-state index is 0.725. The Morgan fingerprint density at radius 2 is 2.11 bits per heavy atom. The second-order valence-corrected chi connectivity index (χ2v) is 4.37. The SMILES string of the molecule is CCNCc1cncn1CCCOc1ccccc1. The zero-order chi connectivity index (χ0) is 13.3. The van der Waals surface area contributed by atoms with E-state index in [2.05, 4.69) is 21.8 Å². The number of para-hydroxylation sites is 1. The molecule has 0 atom stereocenters. The van der Waals surface area contributed by atoms with Gasteiger partial charge in [0.05, 0.1) is 18.6 Å². The summed E-state index contributed by atoms with van der Waals surface area (Å²) in [4.78, 5) is 4.19. The molecule has 102 valence electrons. The van der Waals surface area contributed by atoms with E-state index in [1.54, 1.807) is 0 Å². The fourth-order valence-corrected chi connectivity index (χ4v) is 1.89. The van der Waals surface area contributed by atoms with Gasteiger partial charge in [-0.2, -0.15) is 0 Å². The minimum Gasteiger partial charge on any atom is -0.494 e. The number of hydrogen-bond acceptors (Lipinski definition) is 3. The first-order chi connectivity index (χ1) is 9.40. The average molecular weight is 259 g/mol. The number of imidazole rings is 1. The Bertz CT molecular complexity index is 467. The number of hydrogen-bond donors (Lipinski definition) is 1. The molecule has 0 unspecified atom stereocenters. The predicted molar refractivity (Wildman–Crippen MR) is 76.2 cm³/mol. The average Bonchev–Trinajstić information content (AvgIpc) is 2.90. The first-order valence-electron chi connectivity index (χ1n) is 6.77. The molecule has 0 saturated carbocycles. The first kappa shape index (κ1) is 13.6. The van der Waals surface area contributed by atoms with Gasteiger partial charge in [0.25, 0.3) is 0 Å². The number of rotatable bonds is 8. The molecule has 0 amide bonds. The van der Waals surface area contributed by atoms with Gasteiger partial charge in [-0.1, -0.05) is 25.1 Å². The summed E-state index contributed by atoms with van der Waals surface area (Å²) in [5.41, 5.74) is 1.22. The second kappa shape index (κ2) is 7.59. The molecule has 19 heavy (non-hydrogen) atoms. The van der Waals surface area contributed by atoms with Gasteiger partial charge in [-0.15, -0.1) is 0 Å². The van der Waals surface area contributed by atoms with Crippen LogP contribution in [0, 0.1) is 0 Å². The lowest BCUT2D eigenvalue weighted by molar-refractivity contribution is 0.301. The van der Waals surface area contributed by atoms with Gasteiger partial charge in [0.15, 0.2) is 0 Å². The quantitative estimate of drug-likeness (QED) is 0.740. The van der Waals surface area contributed by atoms with E-state index < -0.39 is 0 Å². The number of nitrogens with zero attached hydrogens (tertiary/aromatic N) is 2. The van der Waals surface area contributed by atoms with Crippen molar-refractivity contribution in [3.05, 3.63) is 48.5 Å². The highest BCUT2D eigenvalue weighted by Gasteiger charge is 2.01. The predicted octanol–water partition coefficient (Wildman–Crippen LogP) is 2.46. The van der Waals surface area contributed by atoms with Crippen LogP contribution in [0.4, 0.5) is 0 Å². The highest BCUT2D eigenvalue weighted by molar-refractivity contribution is 5.20. The second-order valence-electron chi connectivity index (χ2n) is 4.37. The van der Waals surface area contributed by atoms with E-state index in [-0.39, 0.29) is 0 Å². The molecule has 0 aliphatic rings. The summed E-state index contributed by atoms with van der Waals surface area (Å²) in [6.45, 7) is 5.61. The largest absolute Gasteiger partial charge is 0.494 e. The lowest BCUT2D eigenvalue weighted by Crippen LogP contribution is -2.15. The molecule has 0 saturated heterocycles. The van der Waals surface area contributed by atoms with Crippen molar-refractivity contribution in [2.45, 2.75) is 26.4 Å². The topological polar surface area (TPSA) is 39.1 Å². The number of aromatic nitrogens is 2. The summed E-state index contributed by atoms with van der Waals surface area (Å²) in [5.74, 6) is 0.931. The van der Waals surface area contributed by atoms with Crippen molar-refractivity contribution in [3.63, 3.8) is 0 Å². The number of aryl methyl sites for hydroxylation is 1. The van der Waals surface area contributed by atoms with E-state index in [1.807, 2.05) is 42.9 Å². The van der Waals surface area contributed by atoms with Crippen LogP contribution in [0.1, 0.15) is 19.0 Å². The van der Waals surface area contributed by atoms with Gasteiger partial charge in [-0.05, 0) is 25.1 Å². The van der Waals surface area contributed by atoms with Crippen LogP contribution in [0.15, 0.2) is 42.9 Å². The summed E-state index contributed by atoms with van der Waals surface area (Å²) in [6, 6.07) is 9.92. The number of nitrogens with one attached hydrogen (secondary N) is 1. The summed E-state index contributed by atoms with van der Waals surface area (Å²) in [7, 11) is 0. The maximum Gasteiger partial charge on any atom is 0.119 e. The van der Waals surface area contributed by atoms with Crippen molar-refractivity contribution in [1.82, 2.24) is 14.9 Å². The smallest absolute Gasteiger partial charge is 0.119 e. The van der Waals surface area contributed by atoms with Crippen LogP contribution in [0.5, 0.6) is 5.75 Å². The fourth-order valence-electron chi connectivity index (χ4n) is 1.89. The monoisotopic (exact) mass is 259 g/mol. The van der Waals surface area contributed by atoms with Gasteiger partial charge >= 0.3 is 0 Å². The van der Waals surface area contributed by atoms with Crippen LogP contribution in [0.3, 0.4) is 0 Å². The van der Waals surface area contributed by atoms with Crippen molar-refractivity contribution in [1.29, 1.82) is 0 Å². The molecular weight excluding hydrogens is 238 g/mol. The van der Waals surface area contributed by atoms with Crippen LogP contribution in [-0.4, -0.2) is 22.7 Å². The normalized spacial score (nSPS) is 10.6. The third-order valence-electron chi connectivity index (χ3n) is 2.91. The molecule has 1 aromatic heterocycles. The maximum atomic E-state index is 5.68. The molecule has 1 N–H and O–H groups in total. The summed E-state index contributed by atoms with van der Waals surface area (Å²) >= 11 is 0. The van der Waals surface area contributed by atoms with E-state index in [4.69, 9.17) is 4.74 Å². The molecule has 4 nitrogen and oxygen atoms in total. The minimum atomic E-state index is 0.725.